The molecule has 6 nitrogen and oxygen atoms in total. The van der Waals surface area contributed by atoms with Crippen LogP contribution in [0, 0.1) is 11.3 Å². The summed E-state index contributed by atoms with van der Waals surface area (Å²) in [5.41, 5.74) is 0.819. The molecule has 0 atom stereocenters. The average Bonchev–Trinajstić information content (AvgIpc) is 2.51. The summed E-state index contributed by atoms with van der Waals surface area (Å²) >= 11 is 5.87. The first-order chi connectivity index (χ1) is 10.6. The van der Waals surface area contributed by atoms with E-state index in [4.69, 9.17) is 27.1 Å². The molecule has 7 heteroatoms. The lowest BCUT2D eigenvalue weighted by Gasteiger charge is -2.20. The van der Waals surface area contributed by atoms with Gasteiger partial charge in [0.15, 0.2) is 0 Å². The van der Waals surface area contributed by atoms with Crippen molar-refractivity contribution in [1.29, 1.82) is 5.26 Å². The minimum absolute atomic E-state index is 0.0622. The first kappa shape index (κ1) is 18.0. The molecule has 0 saturated carbocycles. The maximum atomic E-state index is 12.1. The quantitative estimate of drug-likeness (QED) is 0.482. The molecule has 0 spiro atoms. The monoisotopic (exact) mass is 323 g/mol. The molecule has 0 bridgehead atoms. The zero-order valence-electron chi connectivity index (χ0n) is 12.0. The van der Waals surface area contributed by atoms with Crippen LogP contribution in [0.2, 0.25) is 5.02 Å². The maximum absolute atomic E-state index is 12.1. The Morgan fingerprint density at radius 2 is 2.05 bits per heavy atom. The van der Waals surface area contributed by atoms with Gasteiger partial charge in [0.25, 0.3) is 5.91 Å². The van der Waals surface area contributed by atoms with Gasteiger partial charge in [0.05, 0.1) is 13.2 Å². The predicted molar refractivity (Wildman–Crippen MR) is 82.7 cm³/mol. The van der Waals surface area contributed by atoms with E-state index in [9.17, 15) is 4.79 Å². The van der Waals surface area contributed by atoms with Crippen molar-refractivity contribution < 1.29 is 15.0 Å². The van der Waals surface area contributed by atoms with Crippen molar-refractivity contribution in [3.05, 3.63) is 46.6 Å². The lowest BCUT2D eigenvalue weighted by molar-refractivity contribution is -0.127. The van der Waals surface area contributed by atoms with E-state index in [-0.39, 0.29) is 31.9 Å². The summed E-state index contributed by atoms with van der Waals surface area (Å²) in [7, 11) is 0. The summed E-state index contributed by atoms with van der Waals surface area (Å²) in [5, 5.41) is 30.4. The average molecular weight is 324 g/mol. The summed E-state index contributed by atoms with van der Waals surface area (Å²) in [6.07, 6.45) is 1.32. The highest BCUT2D eigenvalue weighted by atomic mass is 35.5. The Balaban J connectivity index is 2.69. The Hall–Kier alpha value is -2.07. The minimum Gasteiger partial charge on any atom is -0.395 e. The fraction of sp³-hybridized carbons (Fsp3) is 0.333. The van der Waals surface area contributed by atoms with Crippen LogP contribution in [0.1, 0.15) is 5.56 Å². The number of halogens is 1. The predicted octanol–water partition coefficient (Wildman–Crippen LogP) is 0.650. The molecule has 0 aliphatic heterocycles. The second-order valence-corrected chi connectivity index (χ2v) is 4.86. The fourth-order valence-electron chi connectivity index (χ4n) is 1.79. The zero-order chi connectivity index (χ0) is 16.4. The highest BCUT2D eigenvalue weighted by molar-refractivity contribution is 6.30. The smallest absolute Gasteiger partial charge is 0.266 e. The summed E-state index contributed by atoms with van der Waals surface area (Å²) < 4.78 is 0. The molecule has 0 heterocycles. The van der Waals surface area contributed by atoms with Crippen molar-refractivity contribution in [1.82, 2.24) is 10.2 Å². The Morgan fingerprint density at radius 1 is 1.36 bits per heavy atom. The Morgan fingerprint density at radius 3 is 2.59 bits per heavy atom. The van der Waals surface area contributed by atoms with Crippen LogP contribution in [-0.2, 0) is 11.3 Å². The van der Waals surface area contributed by atoms with E-state index in [1.165, 1.54) is 11.1 Å². The maximum Gasteiger partial charge on any atom is 0.266 e. The number of amides is 1. The minimum atomic E-state index is -0.538. The Labute approximate surface area is 134 Å². The van der Waals surface area contributed by atoms with Gasteiger partial charge in [-0.15, -0.1) is 0 Å². The third kappa shape index (κ3) is 5.74. The van der Waals surface area contributed by atoms with E-state index in [2.05, 4.69) is 5.32 Å². The van der Waals surface area contributed by atoms with Crippen LogP contribution in [0.3, 0.4) is 0 Å². The van der Waals surface area contributed by atoms with Crippen LogP contribution >= 0.6 is 11.6 Å². The third-order valence-corrected chi connectivity index (χ3v) is 3.05. The van der Waals surface area contributed by atoms with Gasteiger partial charge in [0.1, 0.15) is 11.6 Å². The largest absolute Gasteiger partial charge is 0.395 e. The molecule has 0 aromatic heterocycles. The number of hydrogen-bond donors (Lipinski definition) is 3. The van der Waals surface area contributed by atoms with Gasteiger partial charge in [0.2, 0.25) is 0 Å². The van der Waals surface area contributed by atoms with Gasteiger partial charge < -0.3 is 20.4 Å². The lowest BCUT2D eigenvalue weighted by Crippen LogP contribution is -2.37. The first-order valence-corrected chi connectivity index (χ1v) is 7.09. The van der Waals surface area contributed by atoms with Gasteiger partial charge in [-0.25, -0.2) is 0 Å². The van der Waals surface area contributed by atoms with Gasteiger partial charge in [-0.2, -0.15) is 5.26 Å². The SMILES string of the molecule is N#C/C(=C/NCc1cccc(Cl)c1)C(=O)N(CCO)CCO. The molecular formula is C15H18ClN3O3. The molecule has 0 saturated heterocycles. The zero-order valence-corrected chi connectivity index (χ0v) is 12.8. The van der Waals surface area contributed by atoms with E-state index in [0.29, 0.717) is 11.6 Å². The van der Waals surface area contributed by atoms with Gasteiger partial charge >= 0.3 is 0 Å². The molecular weight excluding hydrogens is 306 g/mol. The first-order valence-electron chi connectivity index (χ1n) is 6.71. The molecule has 3 N–H and O–H groups in total. The molecule has 22 heavy (non-hydrogen) atoms. The molecule has 1 aromatic carbocycles. The van der Waals surface area contributed by atoms with E-state index >= 15 is 0 Å². The number of nitrogens with one attached hydrogen (secondary N) is 1. The summed E-state index contributed by atoms with van der Waals surface area (Å²) in [6.45, 7) is 0.0687. The van der Waals surface area contributed by atoms with Crippen LogP contribution in [-0.4, -0.2) is 47.3 Å². The second-order valence-electron chi connectivity index (χ2n) is 4.42. The normalized spacial score (nSPS) is 10.9. The second kappa shape index (κ2) is 9.79. The number of rotatable bonds is 8. The standard InChI is InChI=1S/C15H18ClN3O3/c16-14-3-1-2-12(8-14)10-18-11-13(9-17)15(22)19(4-6-20)5-7-21/h1-3,8,11,18,20-21H,4-7,10H2/b13-11-. The molecule has 1 aromatic rings. The molecule has 1 rings (SSSR count). The number of benzene rings is 1. The molecule has 1 amide bonds. The van der Waals surface area contributed by atoms with Gasteiger partial charge in [-0.05, 0) is 17.7 Å². The lowest BCUT2D eigenvalue weighted by atomic mass is 10.2. The van der Waals surface area contributed by atoms with Crippen LogP contribution in [0.25, 0.3) is 0 Å². The van der Waals surface area contributed by atoms with Crippen molar-refractivity contribution in [2.45, 2.75) is 6.54 Å². The molecule has 118 valence electrons. The van der Waals surface area contributed by atoms with Crippen molar-refractivity contribution in [2.75, 3.05) is 26.3 Å². The number of aliphatic hydroxyl groups excluding tert-OH is 2. The van der Waals surface area contributed by atoms with E-state index < -0.39 is 5.91 Å². The van der Waals surface area contributed by atoms with Crippen LogP contribution < -0.4 is 5.32 Å². The van der Waals surface area contributed by atoms with Gasteiger partial charge in [0, 0.05) is 30.9 Å². The summed E-state index contributed by atoms with van der Waals surface area (Å²) in [4.78, 5) is 13.3. The number of hydrogen-bond acceptors (Lipinski definition) is 5. The third-order valence-electron chi connectivity index (χ3n) is 2.82. The summed E-state index contributed by atoms with van der Waals surface area (Å²) in [5.74, 6) is -0.538. The van der Waals surface area contributed by atoms with E-state index in [0.717, 1.165) is 5.56 Å². The Bertz CT molecular complexity index is 563. The number of aliphatic hydroxyl groups is 2. The molecule has 0 unspecified atom stereocenters. The van der Waals surface area contributed by atoms with Gasteiger partial charge in [-0.3, -0.25) is 4.79 Å². The van der Waals surface area contributed by atoms with Crippen molar-refractivity contribution in [2.24, 2.45) is 0 Å². The van der Waals surface area contributed by atoms with Crippen LogP contribution in [0.5, 0.6) is 0 Å². The van der Waals surface area contributed by atoms with E-state index in [1.807, 2.05) is 18.2 Å². The molecule has 0 aliphatic rings. The molecule has 0 aliphatic carbocycles. The highest BCUT2D eigenvalue weighted by Gasteiger charge is 2.17. The number of nitrogens with zero attached hydrogens (tertiary/aromatic N) is 2. The Kier molecular flexibility index (Phi) is 8.00. The summed E-state index contributed by atoms with van der Waals surface area (Å²) in [6, 6.07) is 9.02. The fourth-order valence-corrected chi connectivity index (χ4v) is 2.00. The number of carbonyl (C=O) groups is 1. The van der Waals surface area contributed by atoms with Crippen LogP contribution in [0.4, 0.5) is 0 Å². The van der Waals surface area contributed by atoms with Crippen LogP contribution in [0.15, 0.2) is 36.0 Å². The highest BCUT2D eigenvalue weighted by Crippen LogP contribution is 2.10. The van der Waals surface area contributed by atoms with Gasteiger partial charge in [-0.1, -0.05) is 23.7 Å². The van der Waals surface area contributed by atoms with Crippen molar-refractivity contribution >= 4 is 17.5 Å². The van der Waals surface area contributed by atoms with Crippen molar-refractivity contribution in [3.63, 3.8) is 0 Å². The molecule has 0 fully saturated rings. The topological polar surface area (TPSA) is 96.6 Å². The van der Waals surface area contributed by atoms with Crippen molar-refractivity contribution in [3.8, 4) is 6.07 Å². The van der Waals surface area contributed by atoms with E-state index in [1.54, 1.807) is 12.1 Å². The molecule has 0 radical (unpaired) electrons. The number of carbonyl (C=O) groups excluding carboxylic acids is 1. The number of nitriles is 1.